The summed E-state index contributed by atoms with van der Waals surface area (Å²) in [5.74, 6) is 0. The molecule has 1 fully saturated rings. The van der Waals surface area contributed by atoms with Crippen LogP contribution in [-0.4, -0.2) is 27.5 Å². The van der Waals surface area contributed by atoms with E-state index < -0.39 is 10.0 Å². The first kappa shape index (κ1) is 14.0. The molecule has 0 radical (unpaired) electrons. The predicted molar refractivity (Wildman–Crippen MR) is 72.1 cm³/mol. The Morgan fingerprint density at radius 3 is 2.84 bits per heavy atom. The van der Waals surface area contributed by atoms with E-state index in [1.165, 1.54) is 12.1 Å². The normalized spacial score (nSPS) is 19.9. The maximum atomic E-state index is 12.2. The Kier molecular flexibility index (Phi) is 4.20. The maximum Gasteiger partial charge on any atom is 0.240 e. The van der Waals surface area contributed by atoms with Gasteiger partial charge < -0.3 is 5.32 Å². The molecule has 0 bridgehead atoms. The van der Waals surface area contributed by atoms with Gasteiger partial charge in [-0.05, 0) is 50.1 Å². The SMILES string of the molecule is Cc1cc(S(=O)(=O)N[C@@H]2CCCNC2)ccc1C#N. The Morgan fingerprint density at radius 1 is 1.47 bits per heavy atom. The van der Waals surface area contributed by atoms with Crippen LogP contribution in [0.5, 0.6) is 0 Å². The molecule has 1 aromatic carbocycles. The van der Waals surface area contributed by atoms with Crippen molar-refractivity contribution in [3.63, 3.8) is 0 Å². The quantitative estimate of drug-likeness (QED) is 0.861. The van der Waals surface area contributed by atoms with Crippen molar-refractivity contribution in [3.8, 4) is 6.07 Å². The van der Waals surface area contributed by atoms with E-state index in [0.29, 0.717) is 17.7 Å². The van der Waals surface area contributed by atoms with Crippen molar-refractivity contribution in [2.75, 3.05) is 13.1 Å². The molecule has 0 aliphatic carbocycles. The molecule has 0 aromatic heterocycles. The lowest BCUT2D eigenvalue weighted by Gasteiger charge is -2.23. The Labute approximate surface area is 113 Å². The molecule has 2 rings (SSSR count). The van der Waals surface area contributed by atoms with Gasteiger partial charge in [0.15, 0.2) is 0 Å². The number of sulfonamides is 1. The maximum absolute atomic E-state index is 12.2. The van der Waals surface area contributed by atoms with Gasteiger partial charge in [0.25, 0.3) is 0 Å². The van der Waals surface area contributed by atoms with Gasteiger partial charge in [-0.1, -0.05) is 0 Å². The van der Waals surface area contributed by atoms with Crippen LogP contribution >= 0.6 is 0 Å². The molecule has 1 aliphatic heterocycles. The first-order valence-corrected chi connectivity index (χ1v) is 7.75. The summed E-state index contributed by atoms with van der Waals surface area (Å²) in [6.07, 6.45) is 1.82. The first-order valence-electron chi connectivity index (χ1n) is 6.27. The fourth-order valence-electron chi connectivity index (χ4n) is 2.17. The highest BCUT2D eigenvalue weighted by Crippen LogP contribution is 2.16. The van der Waals surface area contributed by atoms with Crippen molar-refractivity contribution in [2.45, 2.75) is 30.7 Å². The van der Waals surface area contributed by atoms with Crippen molar-refractivity contribution >= 4 is 10.0 Å². The Bertz CT molecular complexity index is 599. The second-order valence-corrected chi connectivity index (χ2v) is 6.47. The first-order chi connectivity index (χ1) is 9.03. The molecule has 19 heavy (non-hydrogen) atoms. The van der Waals surface area contributed by atoms with Crippen LogP contribution < -0.4 is 10.0 Å². The molecule has 5 nitrogen and oxygen atoms in total. The van der Waals surface area contributed by atoms with Gasteiger partial charge in [-0.15, -0.1) is 0 Å². The number of hydrogen-bond donors (Lipinski definition) is 2. The lowest BCUT2D eigenvalue weighted by Crippen LogP contribution is -2.45. The van der Waals surface area contributed by atoms with Gasteiger partial charge in [-0.2, -0.15) is 5.26 Å². The van der Waals surface area contributed by atoms with Crippen LogP contribution in [0.1, 0.15) is 24.0 Å². The number of nitrogens with one attached hydrogen (secondary N) is 2. The second-order valence-electron chi connectivity index (χ2n) is 4.75. The zero-order valence-electron chi connectivity index (χ0n) is 10.8. The van der Waals surface area contributed by atoms with Crippen LogP contribution in [0.15, 0.2) is 23.1 Å². The summed E-state index contributed by atoms with van der Waals surface area (Å²) in [7, 11) is -3.51. The molecule has 1 aliphatic rings. The highest BCUT2D eigenvalue weighted by Gasteiger charge is 2.21. The number of aryl methyl sites for hydroxylation is 1. The Hall–Kier alpha value is -1.42. The third-order valence-electron chi connectivity index (χ3n) is 3.25. The molecule has 6 heteroatoms. The number of piperidine rings is 1. The van der Waals surface area contributed by atoms with E-state index in [1.54, 1.807) is 13.0 Å². The average molecular weight is 279 g/mol. The number of benzene rings is 1. The minimum Gasteiger partial charge on any atom is -0.315 e. The van der Waals surface area contributed by atoms with Crippen LogP contribution in [0.25, 0.3) is 0 Å². The Balaban J connectivity index is 2.19. The number of hydrogen-bond acceptors (Lipinski definition) is 4. The fraction of sp³-hybridized carbons (Fsp3) is 0.462. The van der Waals surface area contributed by atoms with Crippen molar-refractivity contribution in [1.82, 2.24) is 10.0 Å². The smallest absolute Gasteiger partial charge is 0.240 e. The van der Waals surface area contributed by atoms with E-state index in [4.69, 9.17) is 5.26 Å². The van der Waals surface area contributed by atoms with Crippen LogP contribution in [0.3, 0.4) is 0 Å². The van der Waals surface area contributed by atoms with Gasteiger partial charge in [-0.3, -0.25) is 0 Å². The van der Waals surface area contributed by atoms with Crippen LogP contribution in [-0.2, 0) is 10.0 Å². The molecule has 1 aromatic rings. The van der Waals surface area contributed by atoms with E-state index in [-0.39, 0.29) is 10.9 Å². The molecular formula is C13H17N3O2S. The van der Waals surface area contributed by atoms with Gasteiger partial charge in [0.1, 0.15) is 0 Å². The van der Waals surface area contributed by atoms with Crippen LogP contribution in [0, 0.1) is 18.3 Å². The van der Waals surface area contributed by atoms with Gasteiger partial charge in [-0.25, -0.2) is 13.1 Å². The van der Waals surface area contributed by atoms with Gasteiger partial charge in [0, 0.05) is 12.6 Å². The van der Waals surface area contributed by atoms with Crippen molar-refractivity contribution < 1.29 is 8.42 Å². The molecule has 0 saturated carbocycles. The molecule has 1 heterocycles. The monoisotopic (exact) mass is 279 g/mol. The summed E-state index contributed by atoms with van der Waals surface area (Å²) in [6, 6.07) is 6.53. The van der Waals surface area contributed by atoms with Gasteiger partial charge >= 0.3 is 0 Å². The molecule has 1 saturated heterocycles. The zero-order chi connectivity index (χ0) is 13.9. The van der Waals surface area contributed by atoms with Crippen LogP contribution in [0.4, 0.5) is 0 Å². The summed E-state index contributed by atoms with van der Waals surface area (Å²) in [4.78, 5) is 0.217. The summed E-state index contributed by atoms with van der Waals surface area (Å²) in [5, 5.41) is 12.0. The van der Waals surface area contributed by atoms with Gasteiger partial charge in [0.2, 0.25) is 10.0 Å². The van der Waals surface area contributed by atoms with E-state index in [0.717, 1.165) is 19.4 Å². The van der Waals surface area contributed by atoms with Crippen molar-refractivity contribution in [1.29, 1.82) is 5.26 Å². The van der Waals surface area contributed by atoms with Crippen molar-refractivity contribution in [3.05, 3.63) is 29.3 Å². The fourth-order valence-corrected chi connectivity index (χ4v) is 3.52. The number of nitriles is 1. The lowest BCUT2D eigenvalue weighted by atomic mass is 10.1. The highest BCUT2D eigenvalue weighted by molar-refractivity contribution is 7.89. The zero-order valence-corrected chi connectivity index (χ0v) is 11.6. The lowest BCUT2D eigenvalue weighted by molar-refractivity contribution is 0.428. The van der Waals surface area contributed by atoms with E-state index in [9.17, 15) is 8.42 Å². The van der Waals surface area contributed by atoms with Crippen LogP contribution in [0.2, 0.25) is 0 Å². The number of nitrogens with zero attached hydrogens (tertiary/aromatic N) is 1. The molecule has 0 spiro atoms. The third kappa shape index (κ3) is 3.32. The summed E-state index contributed by atoms with van der Waals surface area (Å²) in [5.41, 5.74) is 1.17. The largest absolute Gasteiger partial charge is 0.315 e. The minimum atomic E-state index is -3.51. The molecule has 1 atom stereocenters. The van der Waals surface area contributed by atoms with E-state index >= 15 is 0 Å². The summed E-state index contributed by atoms with van der Waals surface area (Å²) < 4.78 is 27.2. The third-order valence-corrected chi connectivity index (χ3v) is 4.77. The molecule has 0 amide bonds. The predicted octanol–water partition coefficient (Wildman–Crippen LogP) is 0.897. The van der Waals surface area contributed by atoms with Gasteiger partial charge in [0.05, 0.1) is 16.5 Å². The Morgan fingerprint density at radius 2 is 2.26 bits per heavy atom. The van der Waals surface area contributed by atoms with Crippen molar-refractivity contribution in [2.24, 2.45) is 0 Å². The molecule has 102 valence electrons. The number of rotatable bonds is 3. The van der Waals surface area contributed by atoms with E-state index in [2.05, 4.69) is 10.0 Å². The average Bonchev–Trinajstić information content (AvgIpc) is 2.39. The molecular weight excluding hydrogens is 262 g/mol. The summed E-state index contributed by atoms with van der Waals surface area (Å²) in [6.45, 7) is 3.34. The molecule has 2 N–H and O–H groups in total. The minimum absolute atomic E-state index is 0.0605. The topological polar surface area (TPSA) is 82.0 Å². The summed E-state index contributed by atoms with van der Waals surface area (Å²) >= 11 is 0. The molecule has 0 unspecified atom stereocenters. The highest BCUT2D eigenvalue weighted by atomic mass is 32.2. The standard InChI is InChI=1S/C13H17N3O2S/c1-10-7-13(5-4-11(10)8-14)19(17,18)16-12-3-2-6-15-9-12/h4-5,7,12,15-16H,2-3,6,9H2,1H3/t12-/m1/s1. The van der Waals surface area contributed by atoms with E-state index in [1.807, 2.05) is 6.07 Å². The second kappa shape index (κ2) is 5.70.